The number of nitrogens with one attached hydrogen (secondary N) is 1. The fraction of sp³-hybridized carbons (Fsp3) is 0.105. The van der Waals surface area contributed by atoms with E-state index in [2.05, 4.69) is 30.5 Å². The molecule has 2 heterocycles. The molecule has 146 valence electrons. The summed E-state index contributed by atoms with van der Waals surface area (Å²) in [6, 6.07) is 14.3. The van der Waals surface area contributed by atoms with E-state index < -0.39 is 0 Å². The smallest absolute Gasteiger partial charge is 0.197 e. The minimum atomic E-state index is 0.325. The highest BCUT2D eigenvalue weighted by molar-refractivity contribution is 6.30. The van der Waals surface area contributed by atoms with Crippen LogP contribution in [-0.4, -0.2) is 21.7 Å². The topological polar surface area (TPSA) is 118 Å². The summed E-state index contributed by atoms with van der Waals surface area (Å²) < 4.78 is 6.77. The predicted octanol–water partition coefficient (Wildman–Crippen LogP) is 6.05. The van der Waals surface area contributed by atoms with Gasteiger partial charge in [-0.2, -0.15) is 5.11 Å². The number of nitrogens with zero attached hydrogens (tertiary/aromatic N) is 6. The van der Waals surface area contributed by atoms with E-state index in [-0.39, 0.29) is 0 Å². The zero-order chi connectivity index (χ0) is 20.4. The summed E-state index contributed by atoms with van der Waals surface area (Å²) in [5, 5.41) is 20.6. The van der Waals surface area contributed by atoms with Crippen LogP contribution in [0.5, 0.6) is 5.75 Å². The first-order valence-electron chi connectivity index (χ1n) is 8.65. The third kappa shape index (κ3) is 3.81. The van der Waals surface area contributed by atoms with E-state index in [1.165, 1.54) is 0 Å². The number of methoxy groups -OCH3 is 1. The van der Waals surface area contributed by atoms with Crippen molar-refractivity contribution >= 4 is 45.9 Å². The van der Waals surface area contributed by atoms with Gasteiger partial charge in [0.25, 0.3) is 0 Å². The molecule has 4 aromatic rings. The number of hydrogen-bond donors (Lipinski definition) is 2. The van der Waals surface area contributed by atoms with Crippen molar-refractivity contribution < 1.29 is 4.74 Å². The largest absolute Gasteiger partial charge is 0.497 e. The van der Waals surface area contributed by atoms with E-state index in [4.69, 9.17) is 22.1 Å². The number of nitrogen functional groups attached to an aromatic ring is 1. The van der Waals surface area contributed by atoms with Gasteiger partial charge in [0.05, 0.1) is 24.2 Å². The lowest BCUT2D eigenvalue weighted by Gasteiger charge is -1.98. The number of nitrogens with two attached hydrogens (primary N) is 1. The average Bonchev–Trinajstić information content (AvgIpc) is 3.19. The number of aromatic nitrogens is 3. The molecule has 0 atom stereocenters. The van der Waals surface area contributed by atoms with Crippen LogP contribution in [0.3, 0.4) is 0 Å². The highest BCUT2D eigenvalue weighted by Crippen LogP contribution is 2.34. The minimum Gasteiger partial charge on any atom is -0.497 e. The molecule has 0 saturated carbocycles. The number of hydrogen-bond acceptors (Lipinski definition) is 7. The number of ether oxygens (including phenoxy) is 1. The van der Waals surface area contributed by atoms with Crippen LogP contribution in [0.2, 0.25) is 5.02 Å². The molecule has 0 aliphatic heterocycles. The maximum Gasteiger partial charge on any atom is 0.197 e. The Kier molecular flexibility index (Phi) is 4.96. The van der Waals surface area contributed by atoms with Crippen molar-refractivity contribution in [1.29, 1.82) is 0 Å². The highest BCUT2D eigenvalue weighted by atomic mass is 35.5. The second kappa shape index (κ2) is 7.72. The van der Waals surface area contributed by atoms with Crippen molar-refractivity contribution in [2.75, 3.05) is 12.8 Å². The van der Waals surface area contributed by atoms with Crippen LogP contribution in [0.1, 0.15) is 5.69 Å². The number of halogens is 1. The number of benzene rings is 2. The monoisotopic (exact) mass is 408 g/mol. The van der Waals surface area contributed by atoms with Gasteiger partial charge < -0.3 is 10.5 Å². The Morgan fingerprint density at radius 2 is 1.59 bits per heavy atom. The standard InChI is InChI=1S/C19H17ClN8O/c1-11-18(26-24-14-7-9-15(29-2)10-8-14)28-19(22-11)16(17(21)27-28)25-23-13-5-3-12(20)4-6-13/h3-10,27H,21H2,1-2H3. The molecule has 0 aliphatic carbocycles. The van der Waals surface area contributed by atoms with Gasteiger partial charge in [0.1, 0.15) is 11.6 Å². The molecule has 4 rings (SSSR count). The first-order chi connectivity index (χ1) is 14.0. The first-order valence-corrected chi connectivity index (χ1v) is 9.02. The van der Waals surface area contributed by atoms with Crippen LogP contribution in [-0.2, 0) is 0 Å². The molecule has 0 radical (unpaired) electrons. The summed E-state index contributed by atoms with van der Waals surface area (Å²) in [4.78, 5) is 4.50. The van der Waals surface area contributed by atoms with Gasteiger partial charge >= 0.3 is 0 Å². The normalized spacial score (nSPS) is 11.8. The van der Waals surface area contributed by atoms with Gasteiger partial charge in [-0.05, 0) is 55.5 Å². The Bertz CT molecular complexity index is 1210. The Morgan fingerprint density at radius 1 is 0.966 bits per heavy atom. The summed E-state index contributed by atoms with van der Waals surface area (Å²) in [6.07, 6.45) is 0. The van der Waals surface area contributed by atoms with E-state index in [0.29, 0.717) is 45.1 Å². The molecule has 10 heteroatoms. The second-order valence-corrected chi connectivity index (χ2v) is 6.56. The maximum atomic E-state index is 6.07. The zero-order valence-corrected chi connectivity index (χ0v) is 16.4. The van der Waals surface area contributed by atoms with Crippen LogP contribution >= 0.6 is 11.6 Å². The molecule has 9 nitrogen and oxygen atoms in total. The Balaban J connectivity index is 1.66. The summed E-state index contributed by atoms with van der Waals surface area (Å²) in [5.74, 6) is 1.60. The van der Waals surface area contributed by atoms with Gasteiger partial charge in [-0.15, -0.1) is 15.3 Å². The van der Waals surface area contributed by atoms with Crippen molar-refractivity contribution in [2.24, 2.45) is 20.5 Å². The van der Waals surface area contributed by atoms with Gasteiger partial charge in [-0.1, -0.05) is 11.6 Å². The van der Waals surface area contributed by atoms with Crippen molar-refractivity contribution in [3.8, 4) is 5.75 Å². The number of H-pyrrole nitrogens is 1. The SMILES string of the molecule is COc1ccc(N=Nc2c(C)nc3c(N=Nc4ccc(Cl)cc4)c(N)[nH]n23)cc1. The third-order valence-electron chi connectivity index (χ3n) is 4.14. The van der Waals surface area contributed by atoms with E-state index in [1.54, 1.807) is 35.9 Å². The summed E-state index contributed by atoms with van der Waals surface area (Å²) in [7, 11) is 1.61. The summed E-state index contributed by atoms with van der Waals surface area (Å²) in [5.41, 5.74) is 9.02. The summed E-state index contributed by atoms with van der Waals surface area (Å²) in [6.45, 7) is 1.83. The van der Waals surface area contributed by atoms with Gasteiger partial charge in [0.15, 0.2) is 17.2 Å². The molecule has 0 amide bonds. The molecular weight excluding hydrogens is 392 g/mol. The van der Waals surface area contributed by atoms with Crippen molar-refractivity contribution in [3.05, 3.63) is 59.2 Å². The Morgan fingerprint density at radius 3 is 2.24 bits per heavy atom. The molecule has 0 fully saturated rings. The van der Waals surface area contributed by atoms with E-state index >= 15 is 0 Å². The second-order valence-electron chi connectivity index (χ2n) is 6.13. The van der Waals surface area contributed by atoms with Gasteiger partial charge in [-0.25, -0.2) is 9.50 Å². The van der Waals surface area contributed by atoms with Crippen LogP contribution < -0.4 is 10.5 Å². The number of rotatable bonds is 5. The molecule has 0 spiro atoms. The zero-order valence-electron chi connectivity index (χ0n) is 15.7. The van der Waals surface area contributed by atoms with Gasteiger partial charge in [-0.3, -0.25) is 5.10 Å². The lowest BCUT2D eigenvalue weighted by atomic mass is 10.3. The molecule has 29 heavy (non-hydrogen) atoms. The van der Waals surface area contributed by atoms with E-state index in [9.17, 15) is 0 Å². The Hall–Kier alpha value is -3.72. The van der Waals surface area contributed by atoms with Crippen LogP contribution in [0.25, 0.3) is 5.65 Å². The lowest BCUT2D eigenvalue weighted by molar-refractivity contribution is 0.415. The number of anilines is 1. The number of aromatic amines is 1. The van der Waals surface area contributed by atoms with Crippen LogP contribution in [0.4, 0.5) is 28.7 Å². The number of imidazole rings is 1. The molecule has 0 unspecified atom stereocenters. The van der Waals surface area contributed by atoms with Crippen LogP contribution in [0, 0.1) is 6.92 Å². The molecule has 0 saturated heterocycles. The molecule has 0 bridgehead atoms. The van der Waals surface area contributed by atoms with Crippen molar-refractivity contribution in [2.45, 2.75) is 6.92 Å². The Labute approximate surface area is 170 Å². The molecule has 2 aromatic heterocycles. The number of aryl methyl sites for hydroxylation is 1. The fourth-order valence-corrected chi connectivity index (χ4v) is 2.79. The van der Waals surface area contributed by atoms with E-state index in [0.717, 1.165) is 5.75 Å². The van der Waals surface area contributed by atoms with Crippen LogP contribution in [0.15, 0.2) is 69.0 Å². The fourth-order valence-electron chi connectivity index (χ4n) is 2.66. The molecule has 2 aromatic carbocycles. The van der Waals surface area contributed by atoms with Gasteiger partial charge in [0.2, 0.25) is 0 Å². The van der Waals surface area contributed by atoms with Gasteiger partial charge in [0, 0.05) is 5.02 Å². The molecule has 3 N–H and O–H groups in total. The summed E-state index contributed by atoms with van der Waals surface area (Å²) >= 11 is 5.89. The van der Waals surface area contributed by atoms with Crippen molar-refractivity contribution in [3.63, 3.8) is 0 Å². The first kappa shape index (κ1) is 18.6. The van der Waals surface area contributed by atoms with Crippen molar-refractivity contribution in [1.82, 2.24) is 14.6 Å². The third-order valence-corrected chi connectivity index (χ3v) is 4.40. The van der Waals surface area contributed by atoms with E-state index in [1.807, 2.05) is 31.2 Å². The molecule has 0 aliphatic rings. The molecular formula is C19H17ClN8O. The average molecular weight is 409 g/mol. The number of azo groups is 2. The quantitative estimate of drug-likeness (QED) is 0.391. The minimum absolute atomic E-state index is 0.325. The lowest BCUT2D eigenvalue weighted by Crippen LogP contribution is -1.88. The highest BCUT2D eigenvalue weighted by Gasteiger charge is 2.17. The number of fused-ring (bicyclic) bond motifs is 1. The maximum absolute atomic E-state index is 6.07. The predicted molar refractivity (Wildman–Crippen MR) is 111 cm³/mol.